The van der Waals surface area contributed by atoms with Crippen LogP contribution in [0, 0.1) is 17.1 Å². The Labute approximate surface area is 261 Å². The van der Waals surface area contributed by atoms with Gasteiger partial charge in [0.25, 0.3) is 11.8 Å². The molecular formula is C34H26FN5O2S2. The Bertz CT molecular complexity index is 1960. The first kappa shape index (κ1) is 29.0. The molecule has 0 fully saturated rings. The Kier molecular flexibility index (Phi) is 8.59. The minimum atomic E-state index is -0.422. The fourth-order valence-corrected chi connectivity index (χ4v) is 6.51. The number of halogens is 1. The van der Waals surface area contributed by atoms with E-state index in [1.165, 1.54) is 40.5 Å². The standard InChI is InChI=1S/C34H26FN5O2S2/c35-27-9-7-25(8-10-27)34(42)40(21-29-19-37-22-39(29)20-24-5-3-23(18-36)4-6-24)28-11-12-31-26(16-28)17-32(44-31)33(41)38-14-13-30-2-1-15-43-30/h1-12,15-17,19,22H,13-14,20-21H2,(H,38,41). The molecule has 6 rings (SSSR count). The van der Waals surface area contributed by atoms with Crippen LogP contribution in [0.3, 0.4) is 0 Å². The smallest absolute Gasteiger partial charge is 0.261 e. The first-order chi connectivity index (χ1) is 21.5. The Morgan fingerprint density at radius 1 is 1.02 bits per heavy atom. The summed E-state index contributed by atoms with van der Waals surface area (Å²) in [6, 6.07) is 26.5. The van der Waals surface area contributed by atoms with E-state index in [1.807, 2.05) is 52.4 Å². The minimum Gasteiger partial charge on any atom is -0.351 e. The summed E-state index contributed by atoms with van der Waals surface area (Å²) in [5.74, 6) is -0.845. The molecule has 0 spiro atoms. The van der Waals surface area contributed by atoms with Crippen molar-refractivity contribution in [3.8, 4) is 6.07 Å². The molecule has 7 nitrogen and oxygen atoms in total. The van der Waals surface area contributed by atoms with Crippen LogP contribution in [-0.4, -0.2) is 27.9 Å². The van der Waals surface area contributed by atoms with E-state index < -0.39 is 5.82 Å². The van der Waals surface area contributed by atoms with Gasteiger partial charge in [-0.05, 0) is 89.5 Å². The molecule has 0 unspecified atom stereocenters. The number of carbonyl (C=O) groups excluding carboxylic acids is 2. The lowest BCUT2D eigenvalue weighted by molar-refractivity contribution is 0.0956. The lowest BCUT2D eigenvalue weighted by Gasteiger charge is -2.24. The quantitative estimate of drug-likeness (QED) is 0.178. The van der Waals surface area contributed by atoms with E-state index in [0.717, 1.165) is 27.8 Å². The normalized spacial score (nSPS) is 10.9. The molecule has 0 aliphatic heterocycles. The third-order valence-corrected chi connectivity index (χ3v) is 9.21. The van der Waals surface area contributed by atoms with Gasteiger partial charge in [0.1, 0.15) is 5.82 Å². The Morgan fingerprint density at radius 3 is 2.59 bits per heavy atom. The van der Waals surface area contributed by atoms with Gasteiger partial charge in [-0.2, -0.15) is 5.26 Å². The molecule has 2 amide bonds. The number of carbonyl (C=O) groups is 2. The van der Waals surface area contributed by atoms with Gasteiger partial charge in [0.15, 0.2) is 0 Å². The molecule has 0 saturated heterocycles. The van der Waals surface area contributed by atoms with E-state index in [0.29, 0.717) is 34.8 Å². The molecule has 44 heavy (non-hydrogen) atoms. The largest absolute Gasteiger partial charge is 0.351 e. The number of imidazole rings is 1. The molecule has 3 heterocycles. The molecule has 0 aliphatic carbocycles. The lowest BCUT2D eigenvalue weighted by atomic mass is 10.1. The Balaban J connectivity index is 1.27. The number of hydrogen-bond acceptors (Lipinski definition) is 6. The summed E-state index contributed by atoms with van der Waals surface area (Å²) < 4.78 is 16.6. The Morgan fingerprint density at radius 2 is 1.84 bits per heavy atom. The molecule has 3 aromatic heterocycles. The number of nitriles is 1. The highest BCUT2D eigenvalue weighted by molar-refractivity contribution is 7.20. The summed E-state index contributed by atoms with van der Waals surface area (Å²) in [4.78, 5) is 34.6. The number of nitrogens with one attached hydrogen (secondary N) is 1. The highest BCUT2D eigenvalue weighted by Crippen LogP contribution is 2.31. The number of anilines is 1. The summed E-state index contributed by atoms with van der Waals surface area (Å²) >= 11 is 3.07. The zero-order valence-electron chi connectivity index (χ0n) is 23.4. The van der Waals surface area contributed by atoms with Gasteiger partial charge >= 0.3 is 0 Å². The van der Waals surface area contributed by atoms with Crippen molar-refractivity contribution in [2.45, 2.75) is 19.5 Å². The van der Waals surface area contributed by atoms with E-state index in [1.54, 1.807) is 40.9 Å². The van der Waals surface area contributed by atoms with Crippen molar-refractivity contribution in [2.24, 2.45) is 0 Å². The highest BCUT2D eigenvalue weighted by atomic mass is 32.1. The van der Waals surface area contributed by atoms with Gasteiger partial charge < -0.3 is 14.8 Å². The van der Waals surface area contributed by atoms with Gasteiger partial charge in [-0.1, -0.05) is 18.2 Å². The summed E-state index contributed by atoms with van der Waals surface area (Å²) in [6.07, 6.45) is 4.20. The molecule has 1 N–H and O–H groups in total. The second-order valence-corrected chi connectivity index (χ2v) is 12.3. The molecule has 0 aliphatic rings. The van der Waals surface area contributed by atoms with Crippen LogP contribution in [0.25, 0.3) is 10.1 Å². The van der Waals surface area contributed by atoms with Gasteiger partial charge in [0, 0.05) is 40.1 Å². The first-order valence-electron chi connectivity index (χ1n) is 13.9. The monoisotopic (exact) mass is 619 g/mol. The van der Waals surface area contributed by atoms with Crippen molar-refractivity contribution in [2.75, 3.05) is 11.4 Å². The van der Waals surface area contributed by atoms with E-state index in [4.69, 9.17) is 5.26 Å². The molecule has 6 aromatic rings. The predicted octanol–water partition coefficient (Wildman–Crippen LogP) is 7.04. The van der Waals surface area contributed by atoms with Gasteiger partial charge in [-0.3, -0.25) is 9.59 Å². The zero-order chi connectivity index (χ0) is 30.5. The fourth-order valence-electron chi connectivity index (χ4n) is 4.85. The van der Waals surface area contributed by atoms with Crippen LogP contribution in [-0.2, 0) is 19.5 Å². The number of amides is 2. The van der Waals surface area contributed by atoms with Crippen LogP contribution in [0.5, 0.6) is 0 Å². The van der Waals surface area contributed by atoms with Crippen LogP contribution in [0.15, 0.2) is 103 Å². The molecule has 218 valence electrons. The van der Waals surface area contributed by atoms with E-state index in [9.17, 15) is 14.0 Å². The van der Waals surface area contributed by atoms with Gasteiger partial charge in [0.2, 0.25) is 0 Å². The highest BCUT2D eigenvalue weighted by Gasteiger charge is 2.21. The number of fused-ring (bicyclic) bond motifs is 1. The molecule has 0 saturated carbocycles. The maximum atomic E-state index is 13.9. The Hall–Kier alpha value is -5.11. The number of nitrogens with zero attached hydrogens (tertiary/aromatic N) is 4. The van der Waals surface area contributed by atoms with Crippen LogP contribution < -0.4 is 10.2 Å². The lowest BCUT2D eigenvalue weighted by Crippen LogP contribution is -2.31. The van der Waals surface area contributed by atoms with Crippen molar-refractivity contribution in [1.29, 1.82) is 5.26 Å². The van der Waals surface area contributed by atoms with E-state index >= 15 is 0 Å². The number of aromatic nitrogens is 2. The average Bonchev–Trinajstić information content (AvgIpc) is 3.82. The van der Waals surface area contributed by atoms with Crippen molar-refractivity contribution in [1.82, 2.24) is 14.9 Å². The molecule has 3 aromatic carbocycles. The van der Waals surface area contributed by atoms with Crippen molar-refractivity contribution >= 4 is 50.3 Å². The number of rotatable bonds is 10. The number of thiophene rings is 2. The van der Waals surface area contributed by atoms with Gasteiger partial charge in [-0.25, -0.2) is 9.37 Å². The molecule has 0 bridgehead atoms. The van der Waals surface area contributed by atoms with Crippen molar-refractivity contribution in [3.63, 3.8) is 0 Å². The van der Waals surface area contributed by atoms with Gasteiger partial charge in [-0.15, -0.1) is 22.7 Å². The second kappa shape index (κ2) is 13.0. The second-order valence-electron chi connectivity index (χ2n) is 10.1. The average molecular weight is 620 g/mol. The fraction of sp³-hybridized carbons (Fsp3) is 0.118. The molecule has 0 atom stereocenters. The molecule has 10 heteroatoms. The third kappa shape index (κ3) is 6.59. The van der Waals surface area contributed by atoms with Gasteiger partial charge in [0.05, 0.1) is 35.1 Å². The maximum absolute atomic E-state index is 13.9. The van der Waals surface area contributed by atoms with Crippen LogP contribution in [0.1, 0.15) is 41.7 Å². The first-order valence-corrected chi connectivity index (χ1v) is 15.6. The van der Waals surface area contributed by atoms with Crippen LogP contribution in [0.2, 0.25) is 0 Å². The summed E-state index contributed by atoms with van der Waals surface area (Å²) in [5.41, 5.74) is 3.35. The SMILES string of the molecule is N#Cc1ccc(Cn2cncc2CN(C(=O)c2ccc(F)cc2)c2ccc3sc(C(=O)NCCc4cccs4)cc3c2)cc1. The predicted molar refractivity (Wildman–Crippen MR) is 172 cm³/mol. The molecular weight excluding hydrogens is 594 g/mol. The van der Waals surface area contributed by atoms with E-state index in [2.05, 4.69) is 22.4 Å². The number of hydrogen-bond donors (Lipinski definition) is 1. The summed E-state index contributed by atoms with van der Waals surface area (Å²) in [5, 5.41) is 15.0. The van der Waals surface area contributed by atoms with E-state index in [-0.39, 0.29) is 18.4 Å². The topological polar surface area (TPSA) is 91.0 Å². The zero-order valence-corrected chi connectivity index (χ0v) is 25.1. The number of benzene rings is 3. The summed E-state index contributed by atoms with van der Waals surface area (Å²) in [6.45, 7) is 1.27. The summed E-state index contributed by atoms with van der Waals surface area (Å²) in [7, 11) is 0. The minimum absolute atomic E-state index is 0.129. The van der Waals surface area contributed by atoms with Crippen LogP contribution >= 0.6 is 22.7 Å². The molecule has 0 radical (unpaired) electrons. The maximum Gasteiger partial charge on any atom is 0.261 e. The van der Waals surface area contributed by atoms with Crippen LogP contribution in [0.4, 0.5) is 10.1 Å². The van der Waals surface area contributed by atoms with Crippen molar-refractivity contribution in [3.05, 3.63) is 141 Å². The van der Waals surface area contributed by atoms with Crippen molar-refractivity contribution < 1.29 is 14.0 Å². The third-order valence-electron chi connectivity index (χ3n) is 7.16.